The van der Waals surface area contributed by atoms with Crippen LogP contribution in [0.2, 0.25) is 0 Å². The minimum absolute atomic E-state index is 0.402. The Labute approximate surface area is 171 Å². The molecule has 0 unspecified atom stereocenters. The first-order valence-electron chi connectivity index (χ1n) is 8.92. The van der Waals surface area contributed by atoms with E-state index in [-0.39, 0.29) is 0 Å². The second-order valence-corrected chi connectivity index (χ2v) is 6.76. The summed E-state index contributed by atoms with van der Waals surface area (Å²) in [7, 11) is 1.61. The third kappa shape index (κ3) is 4.40. The Morgan fingerprint density at radius 3 is 2.83 bits per heavy atom. The molecule has 2 aromatic carbocycles. The molecule has 0 saturated heterocycles. The first-order valence-corrected chi connectivity index (χ1v) is 9.91. The Bertz CT molecular complexity index is 1100. The summed E-state index contributed by atoms with van der Waals surface area (Å²) < 4.78 is 21.9. The van der Waals surface area contributed by atoms with Gasteiger partial charge in [0.15, 0.2) is 0 Å². The molecule has 0 radical (unpaired) electrons. The van der Waals surface area contributed by atoms with Crippen LogP contribution in [0.25, 0.3) is 22.8 Å². The van der Waals surface area contributed by atoms with Crippen LogP contribution in [0.5, 0.6) is 11.5 Å². The molecule has 0 saturated carbocycles. The van der Waals surface area contributed by atoms with Crippen LogP contribution >= 0.6 is 11.8 Å². The summed E-state index contributed by atoms with van der Waals surface area (Å²) in [5, 5.41) is 12.6. The van der Waals surface area contributed by atoms with Crippen molar-refractivity contribution in [1.82, 2.24) is 20.3 Å². The van der Waals surface area contributed by atoms with E-state index >= 15 is 0 Å². The van der Waals surface area contributed by atoms with Crippen molar-refractivity contribution in [3.8, 4) is 34.3 Å². The van der Waals surface area contributed by atoms with E-state index in [1.54, 1.807) is 7.11 Å². The lowest BCUT2D eigenvalue weighted by molar-refractivity contribution is 0.340. The molecule has 4 rings (SSSR count). The summed E-state index contributed by atoms with van der Waals surface area (Å²) in [4.78, 5) is 4.41. The van der Waals surface area contributed by atoms with Gasteiger partial charge in [0.1, 0.15) is 11.5 Å². The van der Waals surface area contributed by atoms with Crippen LogP contribution < -0.4 is 9.47 Å². The lowest BCUT2D eigenvalue weighted by atomic mass is 10.2. The third-order valence-electron chi connectivity index (χ3n) is 3.94. The highest BCUT2D eigenvalue weighted by molar-refractivity contribution is 7.98. The highest BCUT2D eigenvalue weighted by atomic mass is 32.2. The SMILES string of the molecule is CCOc1ccccc1-c1nnc(SCc2nc(-c3cccc(OC)c3)no2)o1. The summed E-state index contributed by atoms with van der Waals surface area (Å²) in [6, 6.07) is 15.0. The van der Waals surface area contributed by atoms with Gasteiger partial charge < -0.3 is 18.4 Å². The van der Waals surface area contributed by atoms with Gasteiger partial charge in [-0.25, -0.2) is 0 Å². The maximum atomic E-state index is 5.75. The lowest BCUT2D eigenvalue weighted by Crippen LogP contribution is -1.93. The first-order chi connectivity index (χ1) is 14.3. The summed E-state index contributed by atoms with van der Waals surface area (Å²) in [5.41, 5.74) is 1.57. The van der Waals surface area contributed by atoms with E-state index in [4.69, 9.17) is 18.4 Å². The van der Waals surface area contributed by atoms with Crippen molar-refractivity contribution >= 4 is 11.8 Å². The molecule has 148 valence electrons. The Kier molecular flexibility index (Phi) is 5.76. The number of thioether (sulfide) groups is 1. The quantitative estimate of drug-likeness (QED) is 0.389. The molecule has 0 aliphatic heterocycles. The maximum Gasteiger partial charge on any atom is 0.277 e. The number of ether oxygens (including phenoxy) is 2. The minimum Gasteiger partial charge on any atom is -0.497 e. The normalized spacial score (nSPS) is 10.8. The van der Waals surface area contributed by atoms with Crippen LogP contribution in [-0.4, -0.2) is 34.1 Å². The van der Waals surface area contributed by atoms with Gasteiger partial charge in [-0.2, -0.15) is 4.98 Å². The Balaban J connectivity index is 1.44. The molecule has 0 amide bonds. The molecule has 29 heavy (non-hydrogen) atoms. The molecule has 0 aliphatic rings. The van der Waals surface area contributed by atoms with Gasteiger partial charge in [0.2, 0.25) is 11.7 Å². The standard InChI is InChI=1S/C20H18N4O4S/c1-3-26-16-10-5-4-9-15(16)19-22-23-20(27-19)29-12-17-21-18(24-28-17)13-7-6-8-14(11-13)25-2/h4-11H,3,12H2,1-2H3. The molecule has 8 nitrogen and oxygen atoms in total. The van der Waals surface area contributed by atoms with Gasteiger partial charge in [0.05, 0.1) is 25.0 Å². The number of rotatable bonds is 8. The van der Waals surface area contributed by atoms with Crippen LogP contribution in [0.15, 0.2) is 62.7 Å². The Morgan fingerprint density at radius 1 is 1.07 bits per heavy atom. The van der Waals surface area contributed by atoms with Crippen LogP contribution in [-0.2, 0) is 5.75 Å². The number of benzene rings is 2. The number of aromatic nitrogens is 4. The van der Waals surface area contributed by atoms with Crippen molar-refractivity contribution < 1.29 is 18.4 Å². The van der Waals surface area contributed by atoms with Crippen LogP contribution in [0.4, 0.5) is 0 Å². The summed E-state index contributed by atoms with van der Waals surface area (Å²) >= 11 is 1.32. The molecule has 2 aromatic heterocycles. The second-order valence-electron chi connectivity index (χ2n) is 5.83. The fourth-order valence-corrected chi connectivity index (χ4v) is 3.22. The molecule has 4 aromatic rings. The molecule has 0 bridgehead atoms. The zero-order valence-electron chi connectivity index (χ0n) is 15.9. The highest BCUT2D eigenvalue weighted by Gasteiger charge is 2.15. The molecule has 9 heteroatoms. The average molecular weight is 410 g/mol. The van der Waals surface area contributed by atoms with E-state index in [2.05, 4.69) is 20.3 Å². The van der Waals surface area contributed by atoms with Crippen LogP contribution in [0.3, 0.4) is 0 Å². The molecule has 0 fully saturated rings. The van der Waals surface area contributed by atoms with Crippen molar-refractivity contribution in [3.63, 3.8) is 0 Å². The second kappa shape index (κ2) is 8.78. The van der Waals surface area contributed by atoms with Gasteiger partial charge >= 0.3 is 0 Å². The minimum atomic E-state index is 0.402. The molecule has 0 atom stereocenters. The van der Waals surface area contributed by atoms with Gasteiger partial charge in [-0.3, -0.25) is 0 Å². The van der Waals surface area contributed by atoms with Crippen molar-refractivity contribution in [2.45, 2.75) is 17.9 Å². The summed E-state index contributed by atoms with van der Waals surface area (Å²) in [6.45, 7) is 2.48. The number of para-hydroxylation sites is 1. The number of nitrogens with zero attached hydrogens (tertiary/aromatic N) is 4. The number of hydrogen-bond acceptors (Lipinski definition) is 9. The fraction of sp³-hybridized carbons (Fsp3) is 0.200. The van der Waals surface area contributed by atoms with Gasteiger partial charge in [-0.05, 0) is 31.2 Å². The zero-order valence-corrected chi connectivity index (χ0v) is 16.7. The van der Waals surface area contributed by atoms with Gasteiger partial charge in [-0.1, -0.05) is 41.2 Å². The van der Waals surface area contributed by atoms with E-state index in [1.807, 2.05) is 55.5 Å². The zero-order chi connectivity index (χ0) is 20.1. The van der Waals surface area contributed by atoms with Gasteiger partial charge in [0, 0.05) is 5.56 Å². The fourth-order valence-electron chi connectivity index (χ4n) is 2.62. The molecule has 0 aliphatic carbocycles. The monoisotopic (exact) mass is 410 g/mol. The molecule has 2 heterocycles. The summed E-state index contributed by atoms with van der Waals surface area (Å²) in [5.74, 6) is 3.20. The van der Waals surface area contributed by atoms with Crippen molar-refractivity contribution in [2.75, 3.05) is 13.7 Å². The van der Waals surface area contributed by atoms with E-state index in [9.17, 15) is 0 Å². The molecular weight excluding hydrogens is 392 g/mol. The van der Waals surface area contributed by atoms with Crippen LogP contribution in [0, 0.1) is 0 Å². The van der Waals surface area contributed by atoms with E-state index in [1.165, 1.54) is 11.8 Å². The maximum absolute atomic E-state index is 5.75. The van der Waals surface area contributed by atoms with Crippen molar-refractivity contribution in [1.29, 1.82) is 0 Å². The molecule has 0 N–H and O–H groups in total. The van der Waals surface area contributed by atoms with Gasteiger partial charge in [-0.15, -0.1) is 10.2 Å². The largest absolute Gasteiger partial charge is 0.497 e. The Morgan fingerprint density at radius 2 is 1.97 bits per heavy atom. The van der Waals surface area contributed by atoms with E-state index in [0.29, 0.717) is 40.9 Å². The molecule has 0 spiro atoms. The first kappa shape index (κ1) is 19.0. The van der Waals surface area contributed by atoms with Gasteiger partial charge in [0.25, 0.3) is 11.1 Å². The predicted octanol–water partition coefficient (Wildman–Crippen LogP) is 4.49. The van der Waals surface area contributed by atoms with E-state index in [0.717, 1.165) is 16.9 Å². The Hall–Kier alpha value is -3.33. The van der Waals surface area contributed by atoms with Crippen molar-refractivity contribution in [3.05, 3.63) is 54.4 Å². The average Bonchev–Trinajstić information content (AvgIpc) is 3.43. The van der Waals surface area contributed by atoms with Crippen LogP contribution in [0.1, 0.15) is 12.8 Å². The lowest BCUT2D eigenvalue weighted by Gasteiger charge is -2.05. The van der Waals surface area contributed by atoms with Crippen molar-refractivity contribution in [2.24, 2.45) is 0 Å². The molecular formula is C20H18N4O4S. The topological polar surface area (TPSA) is 96.3 Å². The number of hydrogen-bond donors (Lipinski definition) is 0. The smallest absolute Gasteiger partial charge is 0.277 e. The predicted molar refractivity (Wildman–Crippen MR) is 107 cm³/mol. The third-order valence-corrected chi connectivity index (χ3v) is 4.74. The highest BCUT2D eigenvalue weighted by Crippen LogP contribution is 2.31. The number of methoxy groups -OCH3 is 1. The van der Waals surface area contributed by atoms with E-state index < -0.39 is 0 Å². The summed E-state index contributed by atoms with van der Waals surface area (Å²) in [6.07, 6.45) is 0.